The minimum atomic E-state index is -4.62. The number of aromatic nitrogens is 3. The Bertz CT molecular complexity index is 441. The van der Waals surface area contributed by atoms with Crippen LogP contribution < -0.4 is 10.6 Å². The van der Waals surface area contributed by atoms with Crippen LogP contribution in [0.2, 0.25) is 0 Å². The van der Waals surface area contributed by atoms with Crippen LogP contribution in [0.4, 0.5) is 19.1 Å². The molecule has 0 bridgehead atoms. The second kappa shape index (κ2) is 5.53. The van der Waals surface area contributed by atoms with E-state index in [9.17, 15) is 18.0 Å². The van der Waals surface area contributed by atoms with E-state index in [0.29, 0.717) is 19.8 Å². The SMILES string of the molecule is O=C(CC1COCCN1)Nc1n[nH]c(C(F)(F)F)n1. The van der Waals surface area contributed by atoms with Crippen LogP contribution in [-0.4, -0.2) is 46.9 Å². The highest BCUT2D eigenvalue weighted by Crippen LogP contribution is 2.26. The van der Waals surface area contributed by atoms with Gasteiger partial charge in [-0.1, -0.05) is 0 Å². The van der Waals surface area contributed by atoms with Gasteiger partial charge in [-0.2, -0.15) is 18.2 Å². The lowest BCUT2D eigenvalue weighted by atomic mass is 10.2. The predicted molar refractivity (Wildman–Crippen MR) is 57.2 cm³/mol. The molecular formula is C9H12F3N5O2. The van der Waals surface area contributed by atoms with Crippen LogP contribution in [0.25, 0.3) is 0 Å². The number of rotatable bonds is 3. The molecule has 0 radical (unpaired) electrons. The highest BCUT2D eigenvalue weighted by Gasteiger charge is 2.35. The number of aromatic amines is 1. The highest BCUT2D eigenvalue weighted by atomic mass is 19.4. The molecule has 1 amide bonds. The summed E-state index contributed by atoms with van der Waals surface area (Å²) in [6.07, 6.45) is -4.54. The van der Waals surface area contributed by atoms with Gasteiger partial charge in [0.1, 0.15) is 0 Å². The lowest BCUT2D eigenvalue weighted by Crippen LogP contribution is -2.43. The standard InChI is InChI=1S/C9H12F3N5O2/c10-9(11,12)7-15-8(17-16-7)14-6(18)3-5-4-19-2-1-13-5/h5,13H,1-4H2,(H2,14,15,16,17,18). The summed E-state index contributed by atoms with van der Waals surface area (Å²) in [6.45, 7) is 1.60. The Labute approximate surface area is 105 Å². The van der Waals surface area contributed by atoms with Crippen molar-refractivity contribution in [3.05, 3.63) is 5.82 Å². The number of carbonyl (C=O) groups excluding carboxylic acids is 1. The van der Waals surface area contributed by atoms with E-state index >= 15 is 0 Å². The van der Waals surface area contributed by atoms with Crippen molar-refractivity contribution in [3.63, 3.8) is 0 Å². The molecule has 106 valence electrons. The Morgan fingerprint density at radius 1 is 1.53 bits per heavy atom. The van der Waals surface area contributed by atoms with Gasteiger partial charge in [0.25, 0.3) is 0 Å². The van der Waals surface area contributed by atoms with E-state index in [4.69, 9.17) is 4.74 Å². The van der Waals surface area contributed by atoms with E-state index in [0.717, 1.165) is 0 Å². The van der Waals surface area contributed by atoms with Gasteiger partial charge < -0.3 is 10.1 Å². The maximum absolute atomic E-state index is 12.2. The van der Waals surface area contributed by atoms with E-state index in [1.807, 2.05) is 0 Å². The van der Waals surface area contributed by atoms with Crippen LogP contribution in [0.3, 0.4) is 0 Å². The first-order chi connectivity index (χ1) is 8.95. The van der Waals surface area contributed by atoms with Crippen molar-refractivity contribution in [2.24, 2.45) is 0 Å². The number of anilines is 1. The molecule has 1 unspecified atom stereocenters. The quantitative estimate of drug-likeness (QED) is 0.732. The second-order valence-electron chi connectivity index (χ2n) is 3.98. The van der Waals surface area contributed by atoms with Crippen molar-refractivity contribution in [2.75, 3.05) is 25.1 Å². The molecule has 0 aliphatic carbocycles. The molecule has 1 aromatic rings. The molecule has 1 aliphatic heterocycles. The maximum atomic E-state index is 12.2. The molecule has 1 aromatic heterocycles. The lowest BCUT2D eigenvalue weighted by Gasteiger charge is -2.22. The second-order valence-corrected chi connectivity index (χ2v) is 3.98. The van der Waals surface area contributed by atoms with Gasteiger partial charge in [-0.3, -0.25) is 15.2 Å². The first-order valence-electron chi connectivity index (χ1n) is 5.56. The Morgan fingerprint density at radius 3 is 2.89 bits per heavy atom. The molecule has 7 nitrogen and oxygen atoms in total. The van der Waals surface area contributed by atoms with Gasteiger partial charge in [-0.15, -0.1) is 5.10 Å². The monoisotopic (exact) mass is 279 g/mol. The summed E-state index contributed by atoms with van der Waals surface area (Å²) in [6, 6.07) is -0.158. The van der Waals surface area contributed by atoms with Crippen LogP contribution in [0.5, 0.6) is 0 Å². The fourth-order valence-corrected chi connectivity index (χ4v) is 1.59. The molecule has 1 aliphatic rings. The van der Waals surface area contributed by atoms with E-state index in [1.54, 1.807) is 5.10 Å². The average Bonchev–Trinajstić information content (AvgIpc) is 2.78. The molecule has 2 rings (SSSR count). The molecule has 0 saturated carbocycles. The van der Waals surface area contributed by atoms with Gasteiger partial charge in [-0.05, 0) is 0 Å². The first-order valence-corrected chi connectivity index (χ1v) is 5.56. The number of alkyl halides is 3. The van der Waals surface area contributed by atoms with E-state index < -0.39 is 23.9 Å². The summed E-state index contributed by atoms with van der Waals surface area (Å²) < 4.78 is 41.9. The fourth-order valence-electron chi connectivity index (χ4n) is 1.59. The molecule has 1 saturated heterocycles. The van der Waals surface area contributed by atoms with Crippen LogP contribution in [-0.2, 0) is 15.7 Å². The van der Waals surface area contributed by atoms with Crippen LogP contribution in [0.15, 0.2) is 0 Å². The molecule has 0 spiro atoms. The molecular weight excluding hydrogens is 267 g/mol. The smallest absolute Gasteiger partial charge is 0.378 e. The summed E-state index contributed by atoms with van der Waals surface area (Å²) in [5, 5.41) is 10.2. The van der Waals surface area contributed by atoms with E-state index in [1.165, 1.54) is 0 Å². The third-order valence-electron chi connectivity index (χ3n) is 2.44. The molecule has 1 fully saturated rings. The van der Waals surface area contributed by atoms with Gasteiger partial charge in [0.15, 0.2) is 0 Å². The summed E-state index contributed by atoms with van der Waals surface area (Å²) >= 11 is 0. The number of halogens is 3. The topological polar surface area (TPSA) is 91.9 Å². The van der Waals surface area contributed by atoms with E-state index in [-0.39, 0.29) is 12.5 Å². The summed E-state index contributed by atoms with van der Waals surface area (Å²) in [4.78, 5) is 14.7. The van der Waals surface area contributed by atoms with Crippen molar-refractivity contribution in [2.45, 2.75) is 18.6 Å². The van der Waals surface area contributed by atoms with Crippen molar-refractivity contribution < 1.29 is 22.7 Å². The minimum Gasteiger partial charge on any atom is -0.378 e. The molecule has 0 aromatic carbocycles. The number of hydrogen-bond acceptors (Lipinski definition) is 5. The number of carbonyl (C=O) groups is 1. The largest absolute Gasteiger partial charge is 0.451 e. The molecule has 1 atom stereocenters. The zero-order valence-corrected chi connectivity index (χ0v) is 9.75. The number of nitrogens with one attached hydrogen (secondary N) is 3. The van der Waals surface area contributed by atoms with Crippen molar-refractivity contribution >= 4 is 11.9 Å². The number of nitrogens with zero attached hydrogens (tertiary/aromatic N) is 2. The van der Waals surface area contributed by atoms with Crippen molar-refractivity contribution in [3.8, 4) is 0 Å². The van der Waals surface area contributed by atoms with Crippen molar-refractivity contribution in [1.82, 2.24) is 20.5 Å². The van der Waals surface area contributed by atoms with Gasteiger partial charge in [0.05, 0.1) is 13.2 Å². The molecule has 19 heavy (non-hydrogen) atoms. The third kappa shape index (κ3) is 3.89. The average molecular weight is 279 g/mol. The van der Waals surface area contributed by atoms with Gasteiger partial charge in [0, 0.05) is 19.0 Å². The summed E-state index contributed by atoms with van der Waals surface area (Å²) in [5.41, 5.74) is 0. The number of hydrogen-bond donors (Lipinski definition) is 3. The molecule has 3 N–H and O–H groups in total. The Kier molecular flexibility index (Phi) is 4.00. The fraction of sp³-hybridized carbons (Fsp3) is 0.667. The first kappa shape index (κ1) is 13.7. The Balaban J connectivity index is 1.86. The lowest BCUT2D eigenvalue weighted by molar-refractivity contribution is -0.144. The molecule has 2 heterocycles. The summed E-state index contributed by atoms with van der Waals surface area (Å²) in [5.74, 6) is -2.12. The zero-order chi connectivity index (χ0) is 13.9. The van der Waals surface area contributed by atoms with Gasteiger partial charge >= 0.3 is 6.18 Å². The number of H-pyrrole nitrogens is 1. The number of ether oxygens (including phenoxy) is 1. The predicted octanol–water partition coefficient (Wildman–Crippen LogP) is 0.140. The Hall–Kier alpha value is -1.68. The maximum Gasteiger partial charge on any atom is 0.451 e. The van der Waals surface area contributed by atoms with Crippen LogP contribution in [0, 0.1) is 0 Å². The van der Waals surface area contributed by atoms with Crippen molar-refractivity contribution in [1.29, 1.82) is 0 Å². The number of amides is 1. The van der Waals surface area contributed by atoms with Crippen LogP contribution >= 0.6 is 0 Å². The third-order valence-corrected chi connectivity index (χ3v) is 2.44. The zero-order valence-electron chi connectivity index (χ0n) is 9.75. The summed E-state index contributed by atoms with van der Waals surface area (Å²) in [7, 11) is 0. The van der Waals surface area contributed by atoms with Gasteiger partial charge in [0.2, 0.25) is 17.7 Å². The van der Waals surface area contributed by atoms with E-state index in [2.05, 4.69) is 20.7 Å². The van der Waals surface area contributed by atoms with Gasteiger partial charge in [-0.25, -0.2) is 0 Å². The molecule has 10 heteroatoms. The van der Waals surface area contributed by atoms with Crippen LogP contribution in [0.1, 0.15) is 12.2 Å². The number of morpholine rings is 1. The Morgan fingerprint density at radius 2 is 2.32 bits per heavy atom. The minimum absolute atomic E-state index is 0.0793. The normalized spacial score (nSPS) is 20.3. The highest BCUT2D eigenvalue weighted by molar-refractivity contribution is 5.89.